The maximum atomic E-state index is 11.7. The molecule has 112 valence electrons. The van der Waals surface area contributed by atoms with Gasteiger partial charge in [0.1, 0.15) is 0 Å². The van der Waals surface area contributed by atoms with E-state index in [2.05, 4.69) is 15.6 Å². The number of urea groups is 1. The van der Waals surface area contributed by atoms with Gasteiger partial charge in [-0.15, -0.1) is 11.3 Å². The summed E-state index contributed by atoms with van der Waals surface area (Å²) < 4.78 is 0. The standard InChI is InChI=1S/C15H19N3O2S/c1-10(19)12-3-5-13(6-4-12)18-15(20)16-8-7-14-9-21-11(2)17-14/h3-6,9-10,19H,7-8H2,1-2H3,(H2,16,18,20). The van der Waals surface area contributed by atoms with Gasteiger partial charge in [-0.2, -0.15) is 0 Å². The summed E-state index contributed by atoms with van der Waals surface area (Å²) >= 11 is 1.61. The summed E-state index contributed by atoms with van der Waals surface area (Å²) in [6.45, 7) is 4.21. The zero-order chi connectivity index (χ0) is 15.2. The Labute approximate surface area is 128 Å². The van der Waals surface area contributed by atoms with Crippen molar-refractivity contribution >= 4 is 23.1 Å². The molecule has 0 spiro atoms. The highest BCUT2D eigenvalue weighted by molar-refractivity contribution is 7.09. The van der Waals surface area contributed by atoms with Gasteiger partial charge in [-0.05, 0) is 31.5 Å². The van der Waals surface area contributed by atoms with Crippen molar-refractivity contribution in [2.24, 2.45) is 0 Å². The summed E-state index contributed by atoms with van der Waals surface area (Å²) in [5.41, 5.74) is 2.51. The Morgan fingerprint density at radius 2 is 2.10 bits per heavy atom. The number of nitrogens with zero attached hydrogens (tertiary/aromatic N) is 1. The summed E-state index contributed by atoms with van der Waals surface area (Å²) in [5.74, 6) is 0. The van der Waals surface area contributed by atoms with Gasteiger partial charge in [0.15, 0.2) is 0 Å². The fraction of sp³-hybridized carbons (Fsp3) is 0.333. The molecule has 1 atom stereocenters. The molecule has 2 aromatic rings. The summed E-state index contributed by atoms with van der Waals surface area (Å²) in [7, 11) is 0. The molecule has 2 amide bonds. The lowest BCUT2D eigenvalue weighted by Crippen LogP contribution is -2.30. The van der Waals surface area contributed by atoms with Crippen LogP contribution in [0.5, 0.6) is 0 Å². The van der Waals surface area contributed by atoms with Crippen molar-refractivity contribution in [3.8, 4) is 0 Å². The first-order chi connectivity index (χ1) is 10.0. The molecule has 6 heteroatoms. The number of anilines is 1. The van der Waals surface area contributed by atoms with Crippen LogP contribution in [0.1, 0.15) is 29.3 Å². The smallest absolute Gasteiger partial charge is 0.319 e. The van der Waals surface area contributed by atoms with E-state index in [4.69, 9.17) is 0 Å². The third-order valence-electron chi connectivity index (χ3n) is 2.98. The molecule has 0 aliphatic carbocycles. The second-order valence-electron chi connectivity index (χ2n) is 4.79. The molecule has 5 nitrogen and oxygen atoms in total. The lowest BCUT2D eigenvalue weighted by atomic mass is 10.1. The van der Waals surface area contributed by atoms with Crippen LogP contribution in [0.25, 0.3) is 0 Å². The Bertz CT molecular complexity index is 593. The van der Waals surface area contributed by atoms with Crippen LogP contribution in [0, 0.1) is 6.92 Å². The minimum absolute atomic E-state index is 0.244. The molecule has 0 fully saturated rings. The molecular formula is C15H19N3O2S. The van der Waals surface area contributed by atoms with Gasteiger partial charge in [0.2, 0.25) is 0 Å². The third kappa shape index (κ3) is 4.84. The van der Waals surface area contributed by atoms with Crippen LogP contribution in [0.3, 0.4) is 0 Å². The molecule has 1 aromatic carbocycles. The van der Waals surface area contributed by atoms with Crippen LogP contribution in [0.15, 0.2) is 29.6 Å². The molecule has 0 saturated carbocycles. The molecule has 0 aliphatic rings. The number of benzene rings is 1. The molecule has 0 bridgehead atoms. The fourth-order valence-corrected chi connectivity index (χ4v) is 2.49. The van der Waals surface area contributed by atoms with E-state index in [0.29, 0.717) is 12.2 Å². The van der Waals surface area contributed by atoms with E-state index < -0.39 is 6.10 Å². The monoisotopic (exact) mass is 305 g/mol. The molecule has 0 aliphatic heterocycles. The number of hydrogen-bond donors (Lipinski definition) is 3. The van der Waals surface area contributed by atoms with Gasteiger partial charge < -0.3 is 15.7 Å². The van der Waals surface area contributed by atoms with E-state index in [1.807, 2.05) is 12.3 Å². The third-order valence-corrected chi connectivity index (χ3v) is 3.81. The molecule has 21 heavy (non-hydrogen) atoms. The summed E-state index contributed by atoms with van der Waals surface area (Å²) in [6.07, 6.45) is 0.216. The number of carbonyl (C=O) groups is 1. The lowest BCUT2D eigenvalue weighted by molar-refractivity contribution is 0.199. The van der Waals surface area contributed by atoms with Crippen LogP contribution in [0.2, 0.25) is 0 Å². The topological polar surface area (TPSA) is 74.2 Å². The van der Waals surface area contributed by atoms with E-state index in [-0.39, 0.29) is 6.03 Å². The maximum absolute atomic E-state index is 11.7. The minimum atomic E-state index is -0.505. The largest absolute Gasteiger partial charge is 0.389 e. The van der Waals surface area contributed by atoms with E-state index in [1.54, 1.807) is 42.5 Å². The predicted octanol–water partition coefficient (Wildman–Crippen LogP) is 2.87. The minimum Gasteiger partial charge on any atom is -0.389 e. The molecule has 1 unspecified atom stereocenters. The number of amides is 2. The number of aliphatic hydroxyl groups is 1. The number of hydrogen-bond acceptors (Lipinski definition) is 4. The average Bonchev–Trinajstić information content (AvgIpc) is 2.85. The quantitative estimate of drug-likeness (QED) is 0.795. The Morgan fingerprint density at radius 3 is 2.67 bits per heavy atom. The van der Waals surface area contributed by atoms with Crippen molar-refractivity contribution in [2.75, 3.05) is 11.9 Å². The van der Waals surface area contributed by atoms with Crippen molar-refractivity contribution in [2.45, 2.75) is 26.4 Å². The summed E-state index contributed by atoms with van der Waals surface area (Å²) in [4.78, 5) is 16.1. The Hall–Kier alpha value is -1.92. The average molecular weight is 305 g/mol. The predicted molar refractivity (Wildman–Crippen MR) is 84.7 cm³/mol. The van der Waals surface area contributed by atoms with Gasteiger partial charge in [-0.25, -0.2) is 9.78 Å². The van der Waals surface area contributed by atoms with Gasteiger partial charge in [0, 0.05) is 24.0 Å². The maximum Gasteiger partial charge on any atom is 0.319 e. The first-order valence-electron chi connectivity index (χ1n) is 6.78. The fourth-order valence-electron chi connectivity index (χ4n) is 1.85. The molecule has 1 aromatic heterocycles. The van der Waals surface area contributed by atoms with Crippen molar-refractivity contribution in [3.05, 3.63) is 45.9 Å². The molecule has 2 rings (SSSR count). The molecule has 0 radical (unpaired) electrons. The first kappa shape index (κ1) is 15.5. The van der Waals surface area contributed by atoms with Crippen LogP contribution in [-0.2, 0) is 6.42 Å². The molecular weight excluding hydrogens is 286 g/mol. The number of aryl methyl sites for hydroxylation is 1. The zero-order valence-corrected chi connectivity index (χ0v) is 12.9. The zero-order valence-electron chi connectivity index (χ0n) is 12.1. The molecule has 3 N–H and O–H groups in total. The Balaban J connectivity index is 1.76. The highest BCUT2D eigenvalue weighted by Crippen LogP contribution is 2.15. The van der Waals surface area contributed by atoms with Gasteiger partial charge in [-0.1, -0.05) is 12.1 Å². The number of rotatable bonds is 5. The first-order valence-corrected chi connectivity index (χ1v) is 7.66. The van der Waals surface area contributed by atoms with Crippen LogP contribution in [0.4, 0.5) is 10.5 Å². The number of aliphatic hydroxyl groups excluding tert-OH is 1. The summed E-state index contributed by atoms with van der Waals surface area (Å²) in [6, 6.07) is 6.87. The van der Waals surface area contributed by atoms with Crippen LogP contribution in [-0.4, -0.2) is 22.7 Å². The number of aromatic nitrogens is 1. The molecule has 1 heterocycles. The second kappa shape index (κ2) is 7.19. The highest BCUT2D eigenvalue weighted by atomic mass is 32.1. The van der Waals surface area contributed by atoms with Gasteiger partial charge in [0.05, 0.1) is 16.8 Å². The van der Waals surface area contributed by atoms with E-state index >= 15 is 0 Å². The van der Waals surface area contributed by atoms with Crippen LogP contribution < -0.4 is 10.6 Å². The second-order valence-corrected chi connectivity index (χ2v) is 5.85. The van der Waals surface area contributed by atoms with Crippen molar-refractivity contribution in [3.63, 3.8) is 0 Å². The van der Waals surface area contributed by atoms with Gasteiger partial charge >= 0.3 is 6.03 Å². The number of carbonyl (C=O) groups excluding carboxylic acids is 1. The van der Waals surface area contributed by atoms with E-state index in [0.717, 1.165) is 22.7 Å². The van der Waals surface area contributed by atoms with E-state index in [1.165, 1.54) is 0 Å². The normalized spacial score (nSPS) is 12.0. The van der Waals surface area contributed by atoms with Crippen molar-refractivity contribution < 1.29 is 9.90 Å². The number of nitrogens with one attached hydrogen (secondary N) is 2. The SMILES string of the molecule is Cc1nc(CCNC(=O)Nc2ccc(C(C)O)cc2)cs1. The lowest BCUT2D eigenvalue weighted by Gasteiger charge is -2.09. The van der Waals surface area contributed by atoms with E-state index in [9.17, 15) is 9.90 Å². The Kier molecular flexibility index (Phi) is 5.30. The highest BCUT2D eigenvalue weighted by Gasteiger charge is 2.04. The van der Waals surface area contributed by atoms with Crippen LogP contribution >= 0.6 is 11.3 Å². The van der Waals surface area contributed by atoms with Crippen molar-refractivity contribution in [1.29, 1.82) is 0 Å². The Morgan fingerprint density at radius 1 is 1.38 bits per heavy atom. The van der Waals surface area contributed by atoms with Crippen molar-refractivity contribution in [1.82, 2.24) is 10.3 Å². The van der Waals surface area contributed by atoms with Gasteiger partial charge in [0.25, 0.3) is 0 Å². The summed E-state index contributed by atoms with van der Waals surface area (Å²) in [5, 5.41) is 18.0. The number of thiazole rings is 1. The van der Waals surface area contributed by atoms with Gasteiger partial charge in [-0.3, -0.25) is 0 Å². The molecule has 0 saturated heterocycles.